The van der Waals surface area contributed by atoms with E-state index in [4.69, 9.17) is 5.73 Å². The van der Waals surface area contributed by atoms with Crippen LogP contribution < -0.4 is 16.4 Å². The van der Waals surface area contributed by atoms with Gasteiger partial charge in [-0.25, -0.2) is 4.98 Å². The summed E-state index contributed by atoms with van der Waals surface area (Å²) >= 11 is 1.24. The number of nitrogens with one attached hydrogen (secondary N) is 2. The standard InChI is InChI=1S/C17H18N6O3S/c18-6-13-20-17(27-22-13)19-7-9-1-2-10-8-23(16(26)11(10)5-9)12-3-4-14(24)21-15(12)25/h1-2,5,12H,3-4,6-8,18H2,(H,19,20,22)(H,21,24,25). The van der Waals surface area contributed by atoms with Gasteiger partial charge in [-0.3, -0.25) is 19.7 Å². The van der Waals surface area contributed by atoms with Crippen molar-refractivity contribution in [3.05, 3.63) is 40.7 Å². The molecule has 0 aliphatic carbocycles. The highest BCUT2D eigenvalue weighted by Crippen LogP contribution is 2.28. The fraction of sp³-hybridized carbons (Fsp3) is 0.353. The Morgan fingerprint density at radius 1 is 1.33 bits per heavy atom. The van der Waals surface area contributed by atoms with Crippen LogP contribution in [0.15, 0.2) is 18.2 Å². The van der Waals surface area contributed by atoms with Crippen LogP contribution in [-0.2, 0) is 29.2 Å². The maximum absolute atomic E-state index is 12.8. The van der Waals surface area contributed by atoms with Gasteiger partial charge in [-0.05, 0) is 23.6 Å². The Labute approximate surface area is 159 Å². The van der Waals surface area contributed by atoms with Gasteiger partial charge in [0.05, 0.1) is 6.54 Å². The van der Waals surface area contributed by atoms with Crippen molar-refractivity contribution >= 4 is 34.4 Å². The highest BCUT2D eigenvalue weighted by atomic mass is 32.1. The fourth-order valence-corrected chi connectivity index (χ4v) is 3.89. The first-order chi connectivity index (χ1) is 13.0. The molecular weight excluding hydrogens is 368 g/mol. The van der Waals surface area contributed by atoms with Crippen LogP contribution in [0.4, 0.5) is 5.13 Å². The molecule has 1 saturated heterocycles. The molecule has 3 amide bonds. The Morgan fingerprint density at radius 3 is 2.93 bits per heavy atom. The second-order valence-corrected chi connectivity index (χ2v) is 7.22. The maximum Gasteiger partial charge on any atom is 0.255 e. The minimum atomic E-state index is -0.597. The molecule has 2 aliphatic rings. The normalized spacial score (nSPS) is 19.2. The number of amides is 3. The van der Waals surface area contributed by atoms with Crippen LogP contribution in [-0.4, -0.2) is 38.0 Å². The summed E-state index contributed by atoms with van der Waals surface area (Å²) in [4.78, 5) is 42.0. The van der Waals surface area contributed by atoms with Crippen molar-refractivity contribution in [2.45, 2.75) is 38.5 Å². The number of imide groups is 1. The summed E-state index contributed by atoms with van der Waals surface area (Å²) < 4.78 is 4.11. The number of hydrogen-bond donors (Lipinski definition) is 3. The summed E-state index contributed by atoms with van der Waals surface area (Å²) in [6, 6.07) is 5.08. The van der Waals surface area contributed by atoms with E-state index in [9.17, 15) is 14.4 Å². The number of nitrogens with two attached hydrogens (primary N) is 1. The summed E-state index contributed by atoms with van der Waals surface area (Å²) in [5.41, 5.74) is 7.91. The SMILES string of the molecule is NCc1nsc(NCc2ccc3c(c2)C(=O)N(C2CCC(=O)NC2=O)C3)n1. The molecule has 1 unspecified atom stereocenters. The molecule has 1 atom stereocenters. The number of benzene rings is 1. The number of nitrogens with zero attached hydrogens (tertiary/aromatic N) is 3. The van der Waals surface area contributed by atoms with E-state index in [-0.39, 0.29) is 18.2 Å². The minimum Gasteiger partial charge on any atom is -0.356 e. The van der Waals surface area contributed by atoms with E-state index in [1.165, 1.54) is 11.5 Å². The molecule has 9 nitrogen and oxygen atoms in total. The highest BCUT2D eigenvalue weighted by Gasteiger charge is 2.39. The minimum absolute atomic E-state index is 0.178. The molecule has 2 aliphatic heterocycles. The number of anilines is 1. The molecule has 4 rings (SSSR count). The van der Waals surface area contributed by atoms with Crippen LogP contribution in [0.1, 0.15) is 40.2 Å². The van der Waals surface area contributed by atoms with Gasteiger partial charge < -0.3 is 16.0 Å². The van der Waals surface area contributed by atoms with Crippen molar-refractivity contribution in [3.8, 4) is 0 Å². The molecule has 0 bridgehead atoms. The molecule has 140 valence electrons. The van der Waals surface area contributed by atoms with Gasteiger partial charge in [0.1, 0.15) is 6.04 Å². The van der Waals surface area contributed by atoms with Crippen molar-refractivity contribution in [3.63, 3.8) is 0 Å². The van der Waals surface area contributed by atoms with Crippen LogP contribution in [0.2, 0.25) is 0 Å². The lowest BCUT2D eigenvalue weighted by Gasteiger charge is -2.29. The maximum atomic E-state index is 12.8. The van der Waals surface area contributed by atoms with E-state index in [2.05, 4.69) is 20.0 Å². The van der Waals surface area contributed by atoms with Gasteiger partial charge in [0.2, 0.25) is 16.9 Å². The van der Waals surface area contributed by atoms with E-state index in [0.29, 0.717) is 42.6 Å². The smallest absolute Gasteiger partial charge is 0.255 e. The van der Waals surface area contributed by atoms with Crippen LogP contribution in [0, 0.1) is 0 Å². The first-order valence-electron chi connectivity index (χ1n) is 8.58. The quantitative estimate of drug-likeness (QED) is 0.633. The Kier molecular flexibility index (Phi) is 4.58. The zero-order valence-corrected chi connectivity index (χ0v) is 15.2. The molecule has 0 spiro atoms. The van der Waals surface area contributed by atoms with Crippen molar-refractivity contribution in [2.24, 2.45) is 5.73 Å². The monoisotopic (exact) mass is 386 g/mol. The second-order valence-electron chi connectivity index (χ2n) is 6.46. The zero-order valence-electron chi connectivity index (χ0n) is 14.4. The van der Waals surface area contributed by atoms with E-state index >= 15 is 0 Å². The molecule has 27 heavy (non-hydrogen) atoms. The Bertz CT molecular complexity index is 927. The molecule has 3 heterocycles. The van der Waals surface area contributed by atoms with E-state index in [1.54, 1.807) is 4.90 Å². The van der Waals surface area contributed by atoms with E-state index in [0.717, 1.165) is 11.1 Å². The third kappa shape index (κ3) is 3.40. The lowest BCUT2D eigenvalue weighted by atomic mass is 10.0. The first-order valence-corrected chi connectivity index (χ1v) is 9.35. The largest absolute Gasteiger partial charge is 0.356 e. The summed E-state index contributed by atoms with van der Waals surface area (Å²) in [6.07, 6.45) is 0.609. The highest BCUT2D eigenvalue weighted by molar-refractivity contribution is 7.09. The number of aromatic nitrogens is 2. The summed E-state index contributed by atoms with van der Waals surface area (Å²) in [5.74, 6) is -0.279. The molecule has 4 N–H and O–H groups in total. The van der Waals surface area contributed by atoms with E-state index in [1.807, 2.05) is 18.2 Å². The molecule has 0 saturated carbocycles. The third-order valence-corrected chi connectivity index (χ3v) is 5.40. The third-order valence-electron chi connectivity index (χ3n) is 4.69. The molecule has 1 fully saturated rings. The molecular formula is C17H18N6O3S. The zero-order chi connectivity index (χ0) is 19.0. The Hall–Kier alpha value is -2.85. The lowest BCUT2D eigenvalue weighted by molar-refractivity contribution is -0.136. The van der Waals surface area contributed by atoms with Crippen LogP contribution in [0.25, 0.3) is 0 Å². The van der Waals surface area contributed by atoms with Crippen LogP contribution in [0.3, 0.4) is 0 Å². The fourth-order valence-electron chi connectivity index (χ4n) is 3.30. The van der Waals surface area contributed by atoms with Crippen molar-refractivity contribution in [2.75, 3.05) is 5.32 Å². The predicted octanol–water partition coefficient (Wildman–Crippen LogP) is 0.370. The lowest BCUT2D eigenvalue weighted by Crippen LogP contribution is -2.52. The molecule has 2 aromatic rings. The number of rotatable bonds is 5. The van der Waals surface area contributed by atoms with Crippen molar-refractivity contribution in [1.29, 1.82) is 0 Å². The molecule has 1 aromatic carbocycles. The topological polar surface area (TPSA) is 130 Å². The summed E-state index contributed by atoms with van der Waals surface area (Å²) in [6.45, 7) is 1.17. The first kappa shape index (κ1) is 17.6. The Morgan fingerprint density at radius 2 is 2.19 bits per heavy atom. The van der Waals surface area contributed by atoms with Crippen LogP contribution >= 0.6 is 11.5 Å². The molecule has 1 aromatic heterocycles. The predicted molar refractivity (Wildman–Crippen MR) is 97.6 cm³/mol. The van der Waals surface area contributed by atoms with Gasteiger partial charge in [0, 0.05) is 36.6 Å². The molecule has 0 radical (unpaired) electrons. The summed E-state index contributed by atoms with van der Waals surface area (Å²) in [5, 5.41) is 6.15. The van der Waals surface area contributed by atoms with Gasteiger partial charge in [-0.2, -0.15) is 4.37 Å². The van der Waals surface area contributed by atoms with Gasteiger partial charge in [0.25, 0.3) is 5.91 Å². The second kappa shape index (κ2) is 7.05. The average Bonchev–Trinajstić information content (AvgIpc) is 3.25. The van der Waals surface area contributed by atoms with E-state index < -0.39 is 11.9 Å². The Balaban J connectivity index is 1.46. The van der Waals surface area contributed by atoms with Crippen molar-refractivity contribution in [1.82, 2.24) is 19.6 Å². The van der Waals surface area contributed by atoms with Gasteiger partial charge in [-0.15, -0.1) is 0 Å². The number of fused-ring (bicyclic) bond motifs is 1. The number of hydrogen-bond acceptors (Lipinski definition) is 8. The average molecular weight is 386 g/mol. The number of carbonyl (C=O) groups excluding carboxylic acids is 3. The molecule has 10 heteroatoms. The summed E-state index contributed by atoms with van der Waals surface area (Å²) in [7, 11) is 0. The number of piperidine rings is 1. The van der Waals surface area contributed by atoms with Crippen molar-refractivity contribution < 1.29 is 14.4 Å². The van der Waals surface area contributed by atoms with Gasteiger partial charge in [-0.1, -0.05) is 12.1 Å². The van der Waals surface area contributed by atoms with Gasteiger partial charge >= 0.3 is 0 Å². The van der Waals surface area contributed by atoms with Gasteiger partial charge in [0.15, 0.2) is 5.82 Å². The van der Waals surface area contributed by atoms with Crippen LogP contribution in [0.5, 0.6) is 0 Å². The number of carbonyl (C=O) groups is 3.